The fourth-order valence-corrected chi connectivity index (χ4v) is 3.75. The van der Waals surface area contributed by atoms with Gasteiger partial charge in [-0.05, 0) is 78.9 Å². The standard InChI is InChI=1S/C28H20ClN3O6/c1-35-20-8-3-17(4-9-20)27(33)37-22-12-14-25(32-30-23-13-7-19(29)15-24(23)31-32)26(16-22)38-28(34)18-5-10-21(36-2)11-6-18/h3-16H,1-2H3. The Morgan fingerprint density at radius 1 is 0.658 bits per heavy atom. The molecule has 0 fully saturated rings. The fourth-order valence-electron chi connectivity index (χ4n) is 3.58. The van der Waals surface area contributed by atoms with Gasteiger partial charge in [0.05, 0.1) is 25.3 Å². The maximum atomic E-state index is 13.0. The van der Waals surface area contributed by atoms with Crippen LogP contribution >= 0.6 is 11.6 Å². The van der Waals surface area contributed by atoms with Gasteiger partial charge in [-0.1, -0.05) is 11.6 Å². The smallest absolute Gasteiger partial charge is 0.343 e. The monoisotopic (exact) mass is 529 g/mol. The summed E-state index contributed by atoms with van der Waals surface area (Å²) in [6, 6.07) is 22.6. The number of carbonyl (C=O) groups is 2. The Morgan fingerprint density at radius 3 is 1.82 bits per heavy atom. The van der Waals surface area contributed by atoms with Crippen molar-refractivity contribution in [2.75, 3.05) is 14.2 Å². The summed E-state index contributed by atoms with van der Waals surface area (Å²) in [5.41, 5.74) is 2.12. The Balaban J connectivity index is 1.49. The first-order chi connectivity index (χ1) is 18.4. The molecule has 0 spiro atoms. The van der Waals surface area contributed by atoms with Crippen molar-refractivity contribution in [2.45, 2.75) is 0 Å². The molecule has 9 nitrogen and oxygen atoms in total. The summed E-state index contributed by atoms with van der Waals surface area (Å²) >= 11 is 6.09. The van der Waals surface area contributed by atoms with Gasteiger partial charge in [0.25, 0.3) is 0 Å². The van der Waals surface area contributed by atoms with Crippen molar-refractivity contribution in [3.05, 3.63) is 101 Å². The molecule has 0 aliphatic rings. The zero-order valence-corrected chi connectivity index (χ0v) is 21.0. The van der Waals surface area contributed by atoms with E-state index in [1.165, 1.54) is 25.1 Å². The molecular formula is C28H20ClN3O6. The summed E-state index contributed by atoms with van der Waals surface area (Å²) in [5.74, 6) is 0.224. The zero-order chi connectivity index (χ0) is 26.6. The van der Waals surface area contributed by atoms with Crippen LogP contribution in [0.2, 0.25) is 5.02 Å². The van der Waals surface area contributed by atoms with Gasteiger partial charge in [0, 0.05) is 11.1 Å². The minimum absolute atomic E-state index is 0.0808. The van der Waals surface area contributed by atoms with E-state index >= 15 is 0 Å². The molecule has 0 saturated carbocycles. The average Bonchev–Trinajstić information content (AvgIpc) is 3.36. The van der Waals surface area contributed by atoms with E-state index in [4.69, 9.17) is 30.5 Å². The van der Waals surface area contributed by atoms with E-state index in [2.05, 4.69) is 10.2 Å². The van der Waals surface area contributed by atoms with E-state index in [-0.39, 0.29) is 11.5 Å². The fraction of sp³-hybridized carbons (Fsp3) is 0.0714. The van der Waals surface area contributed by atoms with Crippen molar-refractivity contribution in [1.82, 2.24) is 15.0 Å². The van der Waals surface area contributed by atoms with Crippen molar-refractivity contribution in [1.29, 1.82) is 0 Å². The van der Waals surface area contributed by atoms with Crippen LogP contribution in [0.1, 0.15) is 20.7 Å². The van der Waals surface area contributed by atoms with Gasteiger partial charge in [-0.25, -0.2) is 9.59 Å². The van der Waals surface area contributed by atoms with Crippen LogP contribution in [0.5, 0.6) is 23.0 Å². The van der Waals surface area contributed by atoms with Crippen molar-refractivity contribution in [2.24, 2.45) is 0 Å². The van der Waals surface area contributed by atoms with Crippen LogP contribution in [0.4, 0.5) is 0 Å². The molecule has 0 N–H and O–H groups in total. The van der Waals surface area contributed by atoms with Gasteiger partial charge in [0.2, 0.25) is 0 Å². The number of aromatic nitrogens is 3. The van der Waals surface area contributed by atoms with Gasteiger partial charge < -0.3 is 18.9 Å². The molecule has 0 amide bonds. The van der Waals surface area contributed by atoms with Crippen LogP contribution in [0.3, 0.4) is 0 Å². The van der Waals surface area contributed by atoms with E-state index in [9.17, 15) is 9.59 Å². The highest BCUT2D eigenvalue weighted by molar-refractivity contribution is 6.31. The van der Waals surface area contributed by atoms with E-state index in [0.717, 1.165) is 0 Å². The maximum absolute atomic E-state index is 13.0. The highest BCUT2D eigenvalue weighted by Gasteiger charge is 2.18. The first-order valence-corrected chi connectivity index (χ1v) is 11.7. The molecule has 5 aromatic rings. The topological polar surface area (TPSA) is 102 Å². The molecule has 4 aromatic carbocycles. The molecule has 0 unspecified atom stereocenters. The number of esters is 2. The minimum atomic E-state index is -0.632. The van der Waals surface area contributed by atoms with Crippen molar-refractivity contribution < 1.29 is 28.5 Å². The highest BCUT2D eigenvalue weighted by atomic mass is 35.5. The molecule has 0 aliphatic carbocycles. The molecule has 0 saturated heterocycles. The molecule has 1 heterocycles. The van der Waals surface area contributed by atoms with Crippen LogP contribution in [-0.2, 0) is 0 Å². The number of hydrogen-bond acceptors (Lipinski definition) is 8. The SMILES string of the molecule is COc1ccc(C(=O)Oc2ccc(-n3nc4ccc(Cl)cc4n3)c(OC(=O)c3ccc(OC)cc3)c2)cc1. The van der Waals surface area contributed by atoms with Gasteiger partial charge in [-0.3, -0.25) is 0 Å². The molecular weight excluding hydrogens is 510 g/mol. The normalized spacial score (nSPS) is 10.7. The van der Waals surface area contributed by atoms with E-state index in [1.54, 1.807) is 78.9 Å². The van der Waals surface area contributed by atoms with Crippen LogP contribution < -0.4 is 18.9 Å². The predicted octanol–water partition coefficient (Wildman–Crippen LogP) is 5.53. The lowest BCUT2D eigenvalue weighted by Gasteiger charge is -2.12. The number of halogens is 1. The number of fused-ring (bicyclic) bond motifs is 1. The first-order valence-electron chi connectivity index (χ1n) is 11.3. The number of hydrogen-bond donors (Lipinski definition) is 0. The van der Waals surface area contributed by atoms with Crippen molar-refractivity contribution >= 4 is 34.6 Å². The lowest BCUT2D eigenvalue weighted by atomic mass is 10.2. The molecule has 190 valence electrons. The van der Waals surface area contributed by atoms with E-state index in [0.29, 0.717) is 44.4 Å². The Morgan fingerprint density at radius 2 is 1.21 bits per heavy atom. The number of nitrogens with zero attached hydrogens (tertiary/aromatic N) is 3. The zero-order valence-electron chi connectivity index (χ0n) is 20.3. The predicted molar refractivity (Wildman–Crippen MR) is 140 cm³/mol. The molecule has 0 atom stereocenters. The third kappa shape index (κ3) is 5.28. The molecule has 0 bridgehead atoms. The molecule has 5 rings (SSSR count). The van der Waals surface area contributed by atoms with Gasteiger partial charge >= 0.3 is 11.9 Å². The summed E-state index contributed by atoms with van der Waals surface area (Å²) < 4.78 is 21.5. The lowest BCUT2D eigenvalue weighted by Crippen LogP contribution is -2.13. The molecule has 1 aromatic heterocycles. The van der Waals surface area contributed by atoms with Crippen molar-refractivity contribution in [3.63, 3.8) is 0 Å². The largest absolute Gasteiger partial charge is 0.497 e. The second-order valence-corrected chi connectivity index (χ2v) is 8.42. The minimum Gasteiger partial charge on any atom is -0.497 e. The molecule has 38 heavy (non-hydrogen) atoms. The van der Waals surface area contributed by atoms with Crippen LogP contribution in [-0.4, -0.2) is 41.2 Å². The van der Waals surface area contributed by atoms with Crippen LogP contribution in [0, 0.1) is 0 Å². The lowest BCUT2D eigenvalue weighted by molar-refractivity contribution is 0.0732. The quantitative estimate of drug-likeness (QED) is 0.200. The number of carbonyl (C=O) groups excluding carboxylic acids is 2. The van der Waals surface area contributed by atoms with Gasteiger partial charge in [-0.15, -0.1) is 15.0 Å². The van der Waals surface area contributed by atoms with Crippen LogP contribution in [0.15, 0.2) is 84.9 Å². The van der Waals surface area contributed by atoms with Gasteiger partial charge in [-0.2, -0.15) is 0 Å². The average molecular weight is 530 g/mol. The first kappa shape index (κ1) is 24.8. The summed E-state index contributed by atoms with van der Waals surface area (Å²) in [7, 11) is 3.07. The summed E-state index contributed by atoms with van der Waals surface area (Å²) in [6.07, 6.45) is 0. The number of rotatable bonds is 7. The second-order valence-electron chi connectivity index (χ2n) is 7.99. The maximum Gasteiger partial charge on any atom is 0.343 e. The number of methoxy groups -OCH3 is 2. The third-order valence-electron chi connectivity index (χ3n) is 5.55. The number of ether oxygens (including phenoxy) is 4. The Bertz CT molecular complexity index is 1630. The van der Waals surface area contributed by atoms with Gasteiger partial charge in [0.1, 0.15) is 34.0 Å². The number of benzene rings is 4. The van der Waals surface area contributed by atoms with E-state index < -0.39 is 11.9 Å². The summed E-state index contributed by atoms with van der Waals surface area (Å²) in [4.78, 5) is 27.0. The Labute approximate surface area is 222 Å². The molecule has 0 radical (unpaired) electrons. The van der Waals surface area contributed by atoms with Crippen molar-refractivity contribution in [3.8, 4) is 28.7 Å². The van der Waals surface area contributed by atoms with E-state index in [1.807, 2.05) is 0 Å². The molecule has 10 heteroatoms. The summed E-state index contributed by atoms with van der Waals surface area (Å²) in [5, 5.41) is 9.43. The van der Waals surface area contributed by atoms with Crippen LogP contribution in [0.25, 0.3) is 16.7 Å². The van der Waals surface area contributed by atoms with Gasteiger partial charge in [0.15, 0.2) is 5.75 Å². The highest BCUT2D eigenvalue weighted by Crippen LogP contribution is 2.30. The summed E-state index contributed by atoms with van der Waals surface area (Å²) in [6.45, 7) is 0. The second kappa shape index (κ2) is 10.6. The molecule has 0 aliphatic heterocycles. The Kier molecular flexibility index (Phi) is 6.92. The third-order valence-corrected chi connectivity index (χ3v) is 5.79. The Hall–Kier alpha value is -4.89.